The molecule has 1 aromatic carbocycles. The van der Waals surface area contributed by atoms with Crippen molar-refractivity contribution in [3.63, 3.8) is 0 Å². The van der Waals surface area contributed by atoms with Gasteiger partial charge in [0.25, 0.3) is 0 Å². The molecule has 0 saturated carbocycles. The topological polar surface area (TPSA) is 30.5 Å². The van der Waals surface area contributed by atoms with Crippen LogP contribution in [0.25, 0.3) is 0 Å². The van der Waals surface area contributed by atoms with Crippen LogP contribution in [0, 0.1) is 0 Å². The van der Waals surface area contributed by atoms with Crippen molar-refractivity contribution in [3.05, 3.63) is 23.3 Å². The fraction of sp³-hybridized carbons (Fsp3) is 0.625. The summed E-state index contributed by atoms with van der Waals surface area (Å²) in [5.41, 5.74) is 0.393. The highest BCUT2D eigenvalue weighted by Crippen LogP contribution is 2.43. The highest BCUT2D eigenvalue weighted by Gasteiger charge is 2.29. The molecule has 4 heteroatoms. The standard InChI is InChI=1S/C16H22FNO2/c1-16(2,17)12-8-13(11-4-3-5-18-10-11)15-14(9-12)19-6-7-20-15/h8-9,11,18H,3-7,10H2,1-2H3. The number of alkyl halides is 1. The van der Waals surface area contributed by atoms with Crippen molar-refractivity contribution in [1.82, 2.24) is 5.32 Å². The van der Waals surface area contributed by atoms with Crippen LogP contribution in [-0.2, 0) is 5.67 Å². The predicted octanol–water partition coefficient (Wildman–Crippen LogP) is 3.13. The Balaban J connectivity index is 2.05. The largest absolute Gasteiger partial charge is 0.486 e. The number of halogens is 1. The van der Waals surface area contributed by atoms with E-state index in [1.165, 1.54) is 0 Å². The van der Waals surface area contributed by atoms with Crippen molar-refractivity contribution in [3.8, 4) is 11.5 Å². The molecule has 0 radical (unpaired) electrons. The molecule has 1 aromatic rings. The smallest absolute Gasteiger partial charge is 0.164 e. The van der Waals surface area contributed by atoms with Gasteiger partial charge in [-0.2, -0.15) is 0 Å². The predicted molar refractivity (Wildman–Crippen MR) is 76.4 cm³/mol. The van der Waals surface area contributed by atoms with E-state index in [2.05, 4.69) is 5.32 Å². The lowest BCUT2D eigenvalue weighted by molar-refractivity contribution is 0.166. The molecule has 1 unspecified atom stereocenters. The average Bonchev–Trinajstić information content (AvgIpc) is 2.46. The van der Waals surface area contributed by atoms with Crippen LogP contribution in [-0.4, -0.2) is 26.3 Å². The van der Waals surface area contributed by atoms with E-state index in [1.54, 1.807) is 19.9 Å². The SMILES string of the molecule is CC(C)(F)c1cc2c(c(C3CCCNC3)c1)OCCO2. The minimum atomic E-state index is -1.37. The number of fused-ring (bicyclic) bond motifs is 1. The third kappa shape index (κ3) is 2.62. The van der Waals surface area contributed by atoms with Gasteiger partial charge in [-0.15, -0.1) is 0 Å². The summed E-state index contributed by atoms with van der Waals surface area (Å²) in [5, 5.41) is 3.41. The number of nitrogens with one attached hydrogen (secondary N) is 1. The monoisotopic (exact) mass is 279 g/mol. The third-order valence-electron chi connectivity index (χ3n) is 4.09. The molecule has 2 aliphatic heterocycles. The molecule has 0 aromatic heterocycles. The molecule has 1 saturated heterocycles. The molecule has 0 spiro atoms. The van der Waals surface area contributed by atoms with Crippen LogP contribution in [0.3, 0.4) is 0 Å². The van der Waals surface area contributed by atoms with E-state index in [-0.39, 0.29) is 0 Å². The fourth-order valence-corrected chi connectivity index (χ4v) is 2.94. The first-order chi connectivity index (χ1) is 9.55. The van der Waals surface area contributed by atoms with Crippen LogP contribution in [0.1, 0.15) is 43.7 Å². The number of piperidine rings is 1. The maximum Gasteiger partial charge on any atom is 0.164 e. The zero-order valence-electron chi connectivity index (χ0n) is 12.2. The van der Waals surface area contributed by atoms with Gasteiger partial charge in [-0.05, 0) is 50.9 Å². The molecule has 2 aliphatic rings. The molecule has 110 valence electrons. The summed E-state index contributed by atoms with van der Waals surface area (Å²) in [6, 6.07) is 3.75. The van der Waals surface area contributed by atoms with Gasteiger partial charge in [-0.25, -0.2) is 4.39 Å². The second-order valence-electron chi connectivity index (χ2n) is 6.11. The fourth-order valence-electron chi connectivity index (χ4n) is 2.94. The Kier molecular flexibility index (Phi) is 3.59. The first-order valence-corrected chi connectivity index (χ1v) is 7.39. The van der Waals surface area contributed by atoms with Gasteiger partial charge in [-0.1, -0.05) is 0 Å². The lowest BCUT2D eigenvalue weighted by atomic mass is 9.87. The quantitative estimate of drug-likeness (QED) is 0.902. The molecule has 1 fully saturated rings. The number of benzene rings is 1. The molecular weight excluding hydrogens is 257 g/mol. The number of hydrogen-bond donors (Lipinski definition) is 1. The summed E-state index contributed by atoms with van der Waals surface area (Å²) in [6.07, 6.45) is 2.25. The van der Waals surface area contributed by atoms with Gasteiger partial charge >= 0.3 is 0 Å². The first kappa shape index (κ1) is 13.7. The van der Waals surface area contributed by atoms with E-state index < -0.39 is 5.67 Å². The molecule has 1 atom stereocenters. The lowest BCUT2D eigenvalue weighted by Crippen LogP contribution is -2.29. The molecule has 0 bridgehead atoms. The maximum atomic E-state index is 14.3. The van der Waals surface area contributed by atoms with Gasteiger partial charge < -0.3 is 14.8 Å². The Morgan fingerprint density at radius 2 is 2.05 bits per heavy atom. The van der Waals surface area contributed by atoms with Crippen molar-refractivity contribution in [2.24, 2.45) is 0 Å². The van der Waals surface area contributed by atoms with Crippen LogP contribution in [0.2, 0.25) is 0 Å². The lowest BCUT2D eigenvalue weighted by Gasteiger charge is -2.30. The number of ether oxygens (including phenoxy) is 2. The van der Waals surface area contributed by atoms with E-state index >= 15 is 0 Å². The summed E-state index contributed by atoms with van der Waals surface area (Å²) < 4.78 is 25.8. The Bertz CT molecular complexity index is 490. The van der Waals surface area contributed by atoms with Crippen molar-refractivity contribution >= 4 is 0 Å². The van der Waals surface area contributed by atoms with Crippen LogP contribution >= 0.6 is 0 Å². The van der Waals surface area contributed by atoms with Crippen molar-refractivity contribution in [1.29, 1.82) is 0 Å². The Morgan fingerprint density at radius 1 is 1.25 bits per heavy atom. The minimum absolute atomic E-state index is 0.376. The zero-order valence-corrected chi connectivity index (χ0v) is 12.2. The van der Waals surface area contributed by atoms with E-state index in [4.69, 9.17) is 9.47 Å². The van der Waals surface area contributed by atoms with E-state index in [9.17, 15) is 4.39 Å². The number of rotatable bonds is 2. The van der Waals surface area contributed by atoms with Gasteiger partial charge in [0.15, 0.2) is 11.5 Å². The maximum absolute atomic E-state index is 14.3. The molecular formula is C16H22FNO2. The Labute approximate surface area is 119 Å². The molecule has 1 N–H and O–H groups in total. The van der Waals surface area contributed by atoms with Gasteiger partial charge in [0, 0.05) is 18.0 Å². The first-order valence-electron chi connectivity index (χ1n) is 7.39. The van der Waals surface area contributed by atoms with Gasteiger partial charge in [0.2, 0.25) is 0 Å². The normalized spacial score (nSPS) is 22.6. The van der Waals surface area contributed by atoms with Gasteiger partial charge in [0.1, 0.15) is 18.9 Å². The van der Waals surface area contributed by atoms with Crippen LogP contribution < -0.4 is 14.8 Å². The van der Waals surface area contributed by atoms with Crippen LogP contribution in [0.5, 0.6) is 11.5 Å². The molecule has 3 nitrogen and oxygen atoms in total. The van der Waals surface area contributed by atoms with Gasteiger partial charge in [-0.3, -0.25) is 0 Å². The van der Waals surface area contributed by atoms with Crippen molar-refractivity contribution in [2.45, 2.75) is 38.3 Å². The molecule has 2 heterocycles. The van der Waals surface area contributed by atoms with Gasteiger partial charge in [0.05, 0.1) is 0 Å². The van der Waals surface area contributed by atoms with E-state index in [0.717, 1.165) is 37.2 Å². The highest BCUT2D eigenvalue weighted by molar-refractivity contribution is 5.53. The zero-order chi connectivity index (χ0) is 14.2. The van der Waals surface area contributed by atoms with Crippen molar-refractivity contribution < 1.29 is 13.9 Å². The second-order valence-corrected chi connectivity index (χ2v) is 6.11. The summed E-state index contributed by atoms with van der Waals surface area (Å²) in [6.45, 7) is 6.25. The summed E-state index contributed by atoms with van der Waals surface area (Å²) in [4.78, 5) is 0. The van der Waals surface area contributed by atoms with Crippen molar-refractivity contribution in [2.75, 3.05) is 26.3 Å². The number of hydrogen-bond acceptors (Lipinski definition) is 3. The summed E-state index contributed by atoms with van der Waals surface area (Å²) >= 11 is 0. The Morgan fingerprint density at radius 3 is 2.75 bits per heavy atom. The Hall–Kier alpha value is -1.29. The minimum Gasteiger partial charge on any atom is -0.486 e. The summed E-state index contributed by atoms with van der Waals surface area (Å²) in [5.74, 6) is 1.89. The molecule has 0 aliphatic carbocycles. The molecule has 20 heavy (non-hydrogen) atoms. The summed E-state index contributed by atoms with van der Waals surface area (Å²) in [7, 11) is 0. The molecule has 3 rings (SSSR count). The van der Waals surface area contributed by atoms with Crippen LogP contribution in [0.4, 0.5) is 4.39 Å². The van der Waals surface area contributed by atoms with Crippen LogP contribution in [0.15, 0.2) is 12.1 Å². The van der Waals surface area contributed by atoms with E-state index in [1.807, 2.05) is 6.07 Å². The highest BCUT2D eigenvalue weighted by atomic mass is 19.1. The second kappa shape index (κ2) is 5.24. The molecule has 0 amide bonds. The average molecular weight is 279 g/mol. The third-order valence-corrected chi connectivity index (χ3v) is 4.09. The van der Waals surface area contributed by atoms with E-state index in [0.29, 0.717) is 30.4 Å².